The Labute approximate surface area is 155 Å². The lowest BCUT2D eigenvalue weighted by molar-refractivity contribution is 0.0944. The fourth-order valence-corrected chi connectivity index (χ4v) is 2.84. The number of imidazole rings is 1. The molecule has 27 heavy (non-hydrogen) atoms. The second-order valence-corrected chi connectivity index (χ2v) is 6.11. The van der Waals surface area contributed by atoms with Crippen LogP contribution in [0.5, 0.6) is 0 Å². The van der Waals surface area contributed by atoms with Gasteiger partial charge in [-0.1, -0.05) is 42.5 Å². The summed E-state index contributed by atoms with van der Waals surface area (Å²) < 4.78 is 0. The third kappa shape index (κ3) is 3.62. The number of carbonyl (C=O) groups excluding carboxylic acids is 1. The lowest BCUT2D eigenvalue weighted by Crippen LogP contribution is -2.38. The Kier molecular flexibility index (Phi) is 4.49. The number of nitrogens with zero attached hydrogens (tertiary/aromatic N) is 3. The van der Waals surface area contributed by atoms with Gasteiger partial charge in [0, 0.05) is 5.56 Å². The number of benzene rings is 2. The van der Waals surface area contributed by atoms with Crippen molar-refractivity contribution in [3.8, 4) is 11.1 Å². The van der Waals surface area contributed by atoms with E-state index >= 15 is 0 Å². The fourth-order valence-electron chi connectivity index (χ4n) is 2.84. The van der Waals surface area contributed by atoms with Crippen LogP contribution in [0, 0.1) is 0 Å². The van der Waals surface area contributed by atoms with Crippen molar-refractivity contribution in [3.05, 3.63) is 72.8 Å². The molecular weight excluding hydrogens is 340 g/mol. The largest absolute Gasteiger partial charge is 0.348 e. The first-order valence-corrected chi connectivity index (χ1v) is 8.57. The molecule has 1 atom stereocenters. The van der Waals surface area contributed by atoms with Crippen molar-refractivity contribution in [2.24, 2.45) is 0 Å². The zero-order chi connectivity index (χ0) is 18.6. The van der Waals surface area contributed by atoms with E-state index in [2.05, 4.69) is 30.6 Å². The predicted molar refractivity (Wildman–Crippen MR) is 104 cm³/mol. The molecule has 0 saturated carbocycles. The van der Waals surface area contributed by atoms with Crippen LogP contribution >= 0.6 is 0 Å². The van der Waals surface area contributed by atoms with Gasteiger partial charge in [0.25, 0.3) is 5.91 Å². The van der Waals surface area contributed by atoms with Gasteiger partial charge >= 0.3 is 0 Å². The molecule has 0 aliphatic rings. The summed E-state index contributed by atoms with van der Waals surface area (Å²) in [6.07, 6.45) is 2.66. The summed E-state index contributed by atoms with van der Waals surface area (Å²) in [5.41, 5.74) is 4.05. The van der Waals surface area contributed by atoms with Gasteiger partial charge in [0.2, 0.25) is 0 Å². The molecule has 1 unspecified atom stereocenters. The van der Waals surface area contributed by atoms with Gasteiger partial charge in [-0.2, -0.15) is 0 Å². The third-order valence-electron chi connectivity index (χ3n) is 4.18. The summed E-state index contributed by atoms with van der Waals surface area (Å²) >= 11 is 0. The first-order chi connectivity index (χ1) is 13.2. The van der Waals surface area contributed by atoms with E-state index in [0.29, 0.717) is 22.5 Å². The highest BCUT2D eigenvalue weighted by Gasteiger charge is 2.12. The molecule has 0 aliphatic heterocycles. The van der Waals surface area contributed by atoms with Crippen molar-refractivity contribution in [1.29, 1.82) is 0 Å². The van der Waals surface area contributed by atoms with Crippen LogP contribution in [-0.4, -0.2) is 32.0 Å². The zero-order valence-corrected chi connectivity index (χ0v) is 14.7. The van der Waals surface area contributed by atoms with E-state index in [9.17, 15) is 4.79 Å². The van der Waals surface area contributed by atoms with E-state index < -0.39 is 0 Å². The molecule has 3 N–H and O–H groups in total. The van der Waals surface area contributed by atoms with E-state index in [-0.39, 0.29) is 12.1 Å². The lowest BCUT2D eigenvalue weighted by atomic mass is 10.0. The van der Waals surface area contributed by atoms with Gasteiger partial charge in [0.1, 0.15) is 11.8 Å². The van der Waals surface area contributed by atoms with Gasteiger partial charge < -0.3 is 15.6 Å². The summed E-state index contributed by atoms with van der Waals surface area (Å²) in [7, 11) is 0. The van der Waals surface area contributed by atoms with Crippen LogP contribution in [0.15, 0.2) is 67.3 Å². The Morgan fingerprint density at radius 1 is 0.963 bits per heavy atom. The molecule has 2 heterocycles. The van der Waals surface area contributed by atoms with Crippen molar-refractivity contribution in [1.82, 2.24) is 25.3 Å². The Morgan fingerprint density at radius 3 is 2.48 bits per heavy atom. The minimum atomic E-state index is -0.326. The quantitative estimate of drug-likeness (QED) is 0.476. The molecule has 0 saturated heterocycles. The Balaban J connectivity index is 1.43. The molecule has 4 rings (SSSR count). The smallest absolute Gasteiger partial charge is 0.252 e. The van der Waals surface area contributed by atoms with Crippen molar-refractivity contribution in [2.45, 2.75) is 13.1 Å². The monoisotopic (exact) mass is 358 g/mol. The number of hydrogen-bond donors (Lipinski definition) is 3. The number of H-pyrrole nitrogens is 1. The second-order valence-electron chi connectivity index (χ2n) is 6.11. The number of rotatable bonds is 5. The van der Waals surface area contributed by atoms with Crippen molar-refractivity contribution in [3.63, 3.8) is 0 Å². The topological polar surface area (TPSA) is 95.6 Å². The highest BCUT2D eigenvalue weighted by atomic mass is 16.1. The maximum absolute atomic E-state index is 12.5. The average molecular weight is 358 g/mol. The predicted octanol–water partition coefficient (Wildman–Crippen LogP) is 3.21. The molecule has 1 amide bonds. The normalized spacial score (nSPS) is 11.9. The molecule has 0 bridgehead atoms. The fraction of sp³-hybridized carbons (Fsp3) is 0.100. The number of anilines is 1. The van der Waals surface area contributed by atoms with Crippen molar-refractivity contribution >= 4 is 22.9 Å². The van der Waals surface area contributed by atoms with Crippen molar-refractivity contribution in [2.75, 3.05) is 5.32 Å². The number of fused-ring (bicyclic) bond motifs is 1. The SMILES string of the molecule is CC(NC(=O)c1ccc(-c2ccccc2)cc1)Nc1ncnc2nc[nH]c12. The summed E-state index contributed by atoms with van der Waals surface area (Å²) in [5.74, 6) is 0.425. The first kappa shape index (κ1) is 16.7. The van der Waals surface area contributed by atoms with E-state index in [1.54, 1.807) is 6.33 Å². The summed E-state index contributed by atoms with van der Waals surface area (Å²) in [6.45, 7) is 1.85. The second kappa shape index (κ2) is 7.25. The van der Waals surface area contributed by atoms with E-state index in [1.165, 1.54) is 6.33 Å². The molecule has 2 aromatic carbocycles. The number of aromatic amines is 1. The molecule has 134 valence electrons. The highest BCUT2D eigenvalue weighted by molar-refractivity contribution is 5.95. The van der Waals surface area contributed by atoms with Gasteiger partial charge in [0.05, 0.1) is 12.5 Å². The molecule has 2 aromatic heterocycles. The lowest BCUT2D eigenvalue weighted by Gasteiger charge is -2.16. The molecule has 7 heteroatoms. The standard InChI is InChI=1S/C20H18N6O/c1-13(25-19-17-18(22-11-21-17)23-12-24-19)26-20(27)16-9-7-15(8-10-16)14-5-3-2-4-6-14/h2-13H,1H3,(H,26,27)(H2,21,22,23,24,25). The average Bonchev–Trinajstić information content (AvgIpc) is 3.19. The Morgan fingerprint density at radius 2 is 1.70 bits per heavy atom. The van der Waals surface area contributed by atoms with Crippen LogP contribution in [0.4, 0.5) is 5.82 Å². The van der Waals surface area contributed by atoms with Crippen LogP contribution in [0.1, 0.15) is 17.3 Å². The molecule has 0 spiro atoms. The van der Waals surface area contributed by atoms with Crippen LogP contribution in [-0.2, 0) is 0 Å². The molecule has 0 aliphatic carbocycles. The summed E-state index contributed by atoms with van der Waals surface area (Å²) in [4.78, 5) is 27.9. The minimum Gasteiger partial charge on any atom is -0.348 e. The molecule has 0 fully saturated rings. The maximum atomic E-state index is 12.5. The highest BCUT2D eigenvalue weighted by Crippen LogP contribution is 2.19. The van der Waals surface area contributed by atoms with Crippen molar-refractivity contribution < 1.29 is 4.79 Å². The Hall–Kier alpha value is -3.74. The number of hydrogen-bond acceptors (Lipinski definition) is 5. The van der Waals surface area contributed by atoms with Crippen LogP contribution in [0.2, 0.25) is 0 Å². The maximum Gasteiger partial charge on any atom is 0.252 e. The number of carbonyl (C=O) groups is 1. The van der Waals surface area contributed by atoms with Gasteiger partial charge in [0.15, 0.2) is 11.5 Å². The van der Waals surface area contributed by atoms with Gasteiger partial charge in [-0.25, -0.2) is 15.0 Å². The Bertz CT molecular complexity index is 1060. The summed E-state index contributed by atoms with van der Waals surface area (Å²) in [6, 6.07) is 17.6. The van der Waals surface area contributed by atoms with E-state index in [1.807, 2.05) is 61.5 Å². The zero-order valence-electron chi connectivity index (χ0n) is 14.7. The van der Waals surface area contributed by atoms with Gasteiger partial charge in [-0.3, -0.25) is 4.79 Å². The van der Waals surface area contributed by atoms with Crippen LogP contribution in [0.25, 0.3) is 22.3 Å². The molecule has 4 aromatic rings. The minimum absolute atomic E-state index is 0.162. The van der Waals surface area contributed by atoms with E-state index in [4.69, 9.17) is 0 Å². The molecular formula is C20H18N6O. The van der Waals surface area contributed by atoms with Gasteiger partial charge in [-0.05, 0) is 30.2 Å². The molecule has 0 radical (unpaired) electrons. The number of aromatic nitrogens is 4. The van der Waals surface area contributed by atoms with Crippen LogP contribution < -0.4 is 10.6 Å². The number of nitrogens with one attached hydrogen (secondary N) is 3. The first-order valence-electron chi connectivity index (χ1n) is 8.57. The van der Waals surface area contributed by atoms with E-state index in [0.717, 1.165) is 11.1 Å². The summed E-state index contributed by atoms with van der Waals surface area (Å²) in [5, 5.41) is 6.07. The van der Waals surface area contributed by atoms with Gasteiger partial charge in [-0.15, -0.1) is 0 Å². The third-order valence-corrected chi connectivity index (χ3v) is 4.18. The number of amides is 1. The van der Waals surface area contributed by atoms with Crippen LogP contribution in [0.3, 0.4) is 0 Å². The molecule has 7 nitrogen and oxygen atoms in total.